The number of rotatable bonds is 6. The first-order valence-electron chi connectivity index (χ1n) is 5.94. The molecule has 0 fully saturated rings. The van der Waals surface area contributed by atoms with Crippen molar-refractivity contribution in [3.05, 3.63) is 20.3 Å². The molecule has 1 N–H and O–H groups in total. The number of nitrogens with one attached hydrogen (secondary N) is 1. The van der Waals surface area contributed by atoms with Gasteiger partial charge in [-0.05, 0) is 60.4 Å². The van der Waals surface area contributed by atoms with E-state index in [9.17, 15) is 0 Å². The average molecular weight is 304 g/mol. The third-order valence-electron chi connectivity index (χ3n) is 2.88. The zero-order valence-electron chi connectivity index (χ0n) is 10.7. The molecular weight excluding hydrogens is 282 g/mol. The van der Waals surface area contributed by atoms with Crippen molar-refractivity contribution in [2.45, 2.75) is 46.0 Å². The Morgan fingerprint density at radius 3 is 2.56 bits per heavy atom. The van der Waals surface area contributed by atoms with Gasteiger partial charge < -0.3 is 5.32 Å². The molecule has 0 saturated heterocycles. The second-order valence-electron chi connectivity index (χ2n) is 4.95. The van der Waals surface area contributed by atoms with Gasteiger partial charge in [-0.15, -0.1) is 11.3 Å². The summed E-state index contributed by atoms with van der Waals surface area (Å²) in [5.41, 5.74) is 1.64. The van der Waals surface area contributed by atoms with Crippen LogP contribution in [-0.2, 0) is 5.41 Å². The molecule has 0 spiro atoms. The zero-order chi connectivity index (χ0) is 12.2. The van der Waals surface area contributed by atoms with Crippen molar-refractivity contribution in [2.24, 2.45) is 0 Å². The summed E-state index contributed by atoms with van der Waals surface area (Å²) >= 11 is 5.48. The van der Waals surface area contributed by atoms with E-state index < -0.39 is 0 Å². The maximum Gasteiger partial charge on any atom is 0.0730 e. The van der Waals surface area contributed by atoms with E-state index in [1.807, 2.05) is 11.3 Å². The molecule has 0 aliphatic heterocycles. The smallest absolute Gasteiger partial charge is 0.0730 e. The lowest BCUT2D eigenvalue weighted by atomic mass is 9.87. The topological polar surface area (TPSA) is 12.0 Å². The third-order valence-corrected chi connectivity index (χ3v) is 5.38. The Labute approximate surface area is 112 Å². The fraction of sp³-hybridized carbons (Fsp3) is 0.692. The first-order chi connectivity index (χ1) is 7.47. The Kier molecular flexibility index (Phi) is 5.48. The fourth-order valence-corrected chi connectivity index (χ4v) is 3.28. The SMILES string of the molecule is CCCNCCC(C)(C)c1cc(C)c(Br)s1. The van der Waals surface area contributed by atoms with Crippen LogP contribution in [0.25, 0.3) is 0 Å². The first kappa shape index (κ1) is 14.2. The highest BCUT2D eigenvalue weighted by atomic mass is 79.9. The molecule has 1 aromatic heterocycles. The molecule has 0 bridgehead atoms. The monoisotopic (exact) mass is 303 g/mol. The maximum absolute atomic E-state index is 3.60. The highest BCUT2D eigenvalue weighted by Gasteiger charge is 2.22. The highest BCUT2D eigenvalue weighted by Crippen LogP contribution is 2.37. The van der Waals surface area contributed by atoms with E-state index in [4.69, 9.17) is 0 Å². The molecule has 92 valence electrons. The van der Waals surface area contributed by atoms with Gasteiger partial charge in [0.2, 0.25) is 0 Å². The number of halogens is 1. The van der Waals surface area contributed by atoms with Gasteiger partial charge in [-0.25, -0.2) is 0 Å². The molecule has 0 aliphatic carbocycles. The molecule has 1 nitrogen and oxygen atoms in total. The summed E-state index contributed by atoms with van der Waals surface area (Å²) in [5.74, 6) is 0. The minimum atomic E-state index is 0.280. The van der Waals surface area contributed by atoms with E-state index in [1.165, 1.54) is 27.1 Å². The van der Waals surface area contributed by atoms with E-state index in [0.29, 0.717) is 0 Å². The second kappa shape index (κ2) is 6.18. The van der Waals surface area contributed by atoms with E-state index in [2.05, 4.69) is 55.0 Å². The minimum absolute atomic E-state index is 0.280. The van der Waals surface area contributed by atoms with Crippen LogP contribution in [0.1, 0.15) is 44.1 Å². The minimum Gasteiger partial charge on any atom is -0.317 e. The molecule has 3 heteroatoms. The van der Waals surface area contributed by atoms with Gasteiger partial charge >= 0.3 is 0 Å². The van der Waals surface area contributed by atoms with E-state index >= 15 is 0 Å². The van der Waals surface area contributed by atoms with Crippen LogP contribution in [0.4, 0.5) is 0 Å². The predicted octanol–water partition coefficient (Wildman–Crippen LogP) is 4.49. The van der Waals surface area contributed by atoms with Crippen LogP contribution in [0.3, 0.4) is 0 Å². The van der Waals surface area contributed by atoms with E-state index in [1.54, 1.807) is 0 Å². The van der Waals surface area contributed by atoms with Crippen molar-refractivity contribution in [1.29, 1.82) is 0 Å². The number of hydrogen-bond acceptors (Lipinski definition) is 2. The number of thiophene rings is 1. The largest absolute Gasteiger partial charge is 0.317 e. The molecule has 0 atom stereocenters. The van der Waals surface area contributed by atoms with Crippen LogP contribution < -0.4 is 5.32 Å². The summed E-state index contributed by atoms with van der Waals surface area (Å²) in [7, 11) is 0. The molecule has 0 unspecified atom stereocenters. The van der Waals surface area contributed by atoms with Gasteiger partial charge in [0.15, 0.2) is 0 Å². The summed E-state index contributed by atoms with van der Waals surface area (Å²) in [4.78, 5) is 1.48. The normalized spacial score (nSPS) is 12.1. The van der Waals surface area contributed by atoms with E-state index in [-0.39, 0.29) is 5.41 Å². The Hall–Kier alpha value is 0.140. The van der Waals surface area contributed by atoms with Gasteiger partial charge in [0.05, 0.1) is 3.79 Å². The lowest BCUT2D eigenvalue weighted by Crippen LogP contribution is -2.25. The molecular formula is C13H22BrNS. The molecule has 0 saturated carbocycles. The zero-order valence-corrected chi connectivity index (χ0v) is 13.1. The Morgan fingerprint density at radius 1 is 1.38 bits per heavy atom. The van der Waals surface area contributed by atoms with Crippen molar-refractivity contribution < 1.29 is 0 Å². The summed E-state index contributed by atoms with van der Waals surface area (Å²) < 4.78 is 1.28. The average Bonchev–Trinajstić information content (AvgIpc) is 2.55. The van der Waals surface area contributed by atoms with Gasteiger partial charge in [0.1, 0.15) is 0 Å². The first-order valence-corrected chi connectivity index (χ1v) is 7.55. The maximum atomic E-state index is 3.60. The summed E-state index contributed by atoms with van der Waals surface area (Å²) in [5, 5.41) is 3.48. The van der Waals surface area contributed by atoms with Crippen LogP contribution in [0.15, 0.2) is 9.85 Å². The fourth-order valence-electron chi connectivity index (χ4n) is 1.62. The molecule has 1 aromatic rings. The standard InChI is InChI=1S/C13H22BrNS/c1-5-7-15-8-6-13(3,4)11-9-10(2)12(14)16-11/h9,15H,5-8H2,1-4H3. The molecule has 0 aliphatic rings. The predicted molar refractivity (Wildman–Crippen MR) is 77.6 cm³/mol. The van der Waals surface area contributed by atoms with Crippen LogP contribution in [0.2, 0.25) is 0 Å². The summed E-state index contributed by atoms with van der Waals surface area (Å²) in [6.45, 7) is 11.3. The highest BCUT2D eigenvalue weighted by molar-refractivity contribution is 9.11. The van der Waals surface area contributed by atoms with Crippen LogP contribution in [0.5, 0.6) is 0 Å². The van der Waals surface area contributed by atoms with Crippen molar-refractivity contribution in [2.75, 3.05) is 13.1 Å². The molecule has 1 rings (SSSR count). The third kappa shape index (κ3) is 3.86. The van der Waals surface area contributed by atoms with Crippen molar-refractivity contribution >= 4 is 27.3 Å². The molecule has 0 aromatic carbocycles. The molecule has 0 amide bonds. The summed E-state index contributed by atoms with van der Waals surface area (Å²) in [6.07, 6.45) is 2.41. The second-order valence-corrected chi connectivity index (χ2v) is 7.32. The quantitative estimate of drug-likeness (QED) is 0.764. The van der Waals surface area contributed by atoms with Crippen LogP contribution in [-0.4, -0.2) is 13.1 Å². The lowest BCUT2D eigenvalue weighted by molar-refractivity contribution is 0.465. The van der Waals surface area contributed by atoms with Crippen molar-refractivity contribution in [3.8, 4) is 0 Å². The van der Waals surface area contributed by atoms with Gasteiger partial charge in [0, 0.05) is 10.3 Å². The van der Waals surface area contributed by atoms with Crippen molar-refractivity contribution in [3.63, 3.8) is 0 Å². The van der Waals surface area contributed by atoms with Crippen molar-refractivity contribution in [1.82, 2.24) is 5.32 Å². The molecule has 16 heavy (non-hydrogen) atoms. The van der Waals surface area contributed by atoms with Gasteiger partial charge in [-0.2, -0.15) is 0 Å². The molecule has 1 heterocycles. The Bertz CT molecular complexity index is 311. The van der Waals surface area contributed by atoms with Gasteiger partial charge in [-0.3, -0.25) is 0 Å². The summed E-state index contributed by atoms with van der Waals surface area (Å²) in [6, 6.07) is 2.31. The Morgan fingerprint density at radius 2 is 2.06 bits per heavy atom. The van der Waals surface area contributed by atoms with Crippen LogP contribution in [0, 0.1) is 6.92 Å². The van der Waals surface area contributed by atoms with Gasteiger partial charge in [0.25, 0.3) is 0 Å². The van der Waals surface area contributed by atoms with Gasteiger partial charge in [-0.1, -0.05) is 20.8 Å². The molecule has 0 radical (unpaired) electrons. The number of aryl methyl sites for hydroxylation is 1. The Balaban J connectivity index is 2.55. The van der Waals surface area contributed by atoms with Crippen LogP contribution >= 0.6 is 27.3 Å². The number of hydrogen-bond donors (Lipinski definition) is 1. The van der Waals surface area contributed by atoms with E-state index in [0.717, 1.165) is 13.1 Å². The lowest BCUT2D eigenvalue weighted by Gasteiger charge is -2.23.